The van der Waals surface area contributed by atoms with E-state index >= 15 is 0 Å². The van der Waals surface area contributed by atoms with E-state index in [1.807, 2.05) is 6.92 Å². The molecule has 4 nitrogen and oxygen atoms in total. The third kappa shape index (κ3) is 3.25. The molecule has 5 heteroatoms. The van der Waals surface area contributed by atoms with Crippen LogP contribution >= 0.6 is 11.3 Å². The molecule has 0 saturated carbocycles. The molecule has 1 fully saturated rings. The monoisotopic (exact) mass is 319 g/mol. The fraction of sp³-hybridized carbons (Fsp3) is 0.647. The molecule has 1 aliphatic heterocycles. The van der Waals surface area contributed by atoms with Crippen LogP contribution in [0.25, 0.3) is 10.2 Å². The number of rotatable bonds is 5. The number of hydrogen-bond acceptors (Lipinski definition) is 5. The average Bonchev–Trinajstić information content (AvgIpc) is 3.08. The van der Waals surface area contributed by atoms with E-state index in [0.29, 0.717) is 5.92 Å². The van der Waals surface area contributed by atoms with Crippen LogP contribution in [0.15, 0.2) is 5.38 Å². The predicted molar refractivity (Wildman–Crippen MR) is 92.8 cm³/mol. The quantitative estimate of drug-likeness (QED) is 0.898. The van der Waals surface area contributed by atoms with Gasteiger partial charge in [0.15, 0.2) is 0 Å². The largest absolute Gasteiger partial charge is 0.376 e. The first kappa shape index (κ1) is 15.7. The molecule has 120 valence electrons. The highest BCUT2D eigenvalue weighted by Gasteiger charge is 2.24. The Labute approximate surface area is 136 Å². The Kier molecular flexibility index (Phi) is 4.64. The molecule has 0 aliphatic carbocycles. The van der Waals surface area contributed by atoms with Crippen molar-refractivity contribution in [1.29, 1.82) is 0 Å². The maximum atomic E-state index is 5.80. The molecule has 2 atom stereocenters. The van der Waals surface area contributed by atoms with E-state index in [-0.39, 0.29) is 12.1 Å². The van der Waals surface area contributed by atoms with Crippen LogP contribution in [0.4, 0.5) is 5.82 Å². The van der Waals surface area contributed by atoms with E-state index in [2.05, 4.69) is 41.4 Å². The van der Waals surface area contributed by atoms with Crippen molar-refractivity contribution in [3.63, 3.8) is 0 Å². The fourth-order valence-electron chi connectivity index (χ4n) is 3.11. The molecule has 0 bridgehead atoms. The molecule has 1 N–H and O–H groups in total. The standard InChI is InChI=1S/C17H25N3OS/c1-10(2)8-13-9-22-17-15(13)16(19-12(4)20-17)18-11(3)14-6-5-7-21-14/h9-11,14H,5-8H2,1-4H3,(H,18,19,20). The van der Waals surface area contributed by atoms with Gasteiger partial charge in [0.1, 0.15) is 16.5 Å². The maximum Gasteiger partial charge on any atom is 0.139 e. The number of aromatic nitrogens is 2. The van der Waals surface area contributed by atoms with Gasteiger partial charge in [-0.3, -0.25) is 0 Å². The van der Waals surface area contributed by atoms with Crippen LogP contribution in [0, 0.1) is 12.8 Å². The molecular weight excluding hydrogens is 294 g/mol. The van der Waals surface area contributed by atoms with E-state index in [4.69, 9.17) is 4.74 Å². The molecule has 2 unspecified atom stereocenters. The highest BCUT2D eigenvalue weighted by molar-refractivity contribution is 7.17. The minimum atomic E-state index is 0.270. The summed E-state index contributed by atoms with van der Waals surface area (Å²) in [6, 6.07) is 0.270. The second kappa shape index (κ2) is 6.50. The summed E-state index contributed by atoms with van der Waals surface area (Å²) in [5.41, 5.74) is 1.36. The lowest BCUT2D eigenvalue weighted by atomic mass is 10.0. The number of aryl methyl sites for hydroxylation is 1. The van der Waals surface area contributed by atoms with Gasteiger partial charge in [0, 0.05) is 6.61 Å². The summed E-state index contributed by atoms with van der Waals surface area (Å²) in [5, 5.41) is 7.04. The van der Waals surface area contributed by atoms with E-state index in [1.54, 1.807) is 11.3 Å². The first-order valence-electron chi connectivity index (χ1n) is 8.17. The Hall–Kier alpha value is -1.20. The van der Waals surface area contributed by atoms with Gasteiger partial charge in [0.05, 0.1) is 17.5 Å². The summed E-state index contributed by atoms with van der Waals surface area (Å²) in [4.78, 5) is 10.4. The molecule has 2 aromatic rings. The van der Waals surface area contributed by atoms with Crippen LogP contribution in [0.2, 0.25) is 0 Å². The summed E-state index contributed by atoms with van der Waals surface area (Å²) < 4.78 is 5.80. The molecule has 22 heavy (non-hydrogen) atoms. The number of anilines is 1. The summed E-state index contributed by atoms with van der Waals surface area (Å²) in [7, 11) is 0. The molecule has 3 rings (SSSR count). The second-order valence-electron chi connectivity index (χ2n) is 6.64. The van der Waals surface area contributed by atoms with Gasteiger partial charge in [0.2, 0.25) is 0 Å². The minimum Gasteiger partial charge on any atom is -0.376 e. The summed E-state index contributed by atoms with van der Waals surface area (Å²) in [6.45, 7) is 9.53. The lowest BCUT2D eigenvalue weighted by Gasteiger charge is -2.21. The van der Waals surface area contributed by atoms with Crippen LogP contribution in [0.1, 0.15) is 45.0 Å². The molecule has 0 amide bonds. The summed E-state index contributed by atoms with van der Waals surface area (Å²) >= 11 is 1.72. The van der Waals surface area contributed by atoms with Crippen molar-refractivity contribution in [3.8, 4) is 0 Å². The van der Waals surface area contributed by atoms with Gasteiger partial charge in [-0.15, -0.1) is 11.3 Å². The SMILES string of the molecule is Cc1nc(NC(C)C2CCCO2)c2c(CC(C)C)csc2n1. The van der Waals surface area contributed by atoms with Crippen LogP contribution in [-0.4, -0.2) is 28.7 Å². The number of nitrogens with one attached hydrogen (secondary N) is 1. The van der Waals surface area contributed by atoms with Crippen LogP contribution < -0.4 is 5.32 Å². The summed E-state index contributed by atoms with van der Waals surface area (Å²) in [6.07, 6.45) is 3.64. The van der Waals surface area contributed by atoms with Gasteiger partial charge < -0.3 is 10.1 Å². The van der Waals surface area contributed by atoms with E-state index in [9.17, 15) is 0 Å². The first-order chi connectivity index (χ1) is 10.5. The maximum absolute atomic E-state index is 5.80. The molecule has 1 aliphatic rings. The summed E-state index contributed by atoms with van der Waals surface area (Å²) in [5.74, 6) is 2.43. The normalized spacial score (nSPS) is 20.0. The zero-order valence-corrected chi connectivity index (χ0v) is 14.7. The Bertz CT molecular complexity index is 647. The van der Waals surface area contributed by atoms with Crippen molar-refractivity contribution < 1.29 is 4.74 Å². The highest BCUT2D eigenvalue weighted by Crippen LogP contribution is 2.32. The third-order valence-corrected chi connectivity index (χ3v) is 5.06. The molecular formula is C17H25N3OS. The van der Waals surface area contributed by atoms with Gasteiger partial charge in [-0.25, -0.2) is 9.97 Å². The fourth-order valence-corrected chi connectivity index (χ4v) is 4.11. The molecule has 0 radical (unpaired) electrons. The van der Waals surface area contributed by atoms with Crippen LogP contribution in [0.5, 0.6) is 0 Å². The number of nitrogens with zero attached hydrogens (tertiary/aromatic N) is 2. The zero-order chi connectivity index (χ0) is 15.7. The van der Waals surface area contributed by atoms with Crippen LogP contribution in [0.3, 0.4) is 0 Å². The molecule has 2 aromatic heterocycles. The minimum absolute atomic E-state index is 0.270. The van der Waals surface area contributed by atoms with Gasteiger partial charge in [-0.2, -0.15) is 0 Å². The second-order valence-corrected chi connectivity index (χ2v) is 7.50. The smallest absolute Gasteiger partial charge is 0.139 e. The van der Waals surface area contributed by atoms with Gasteiger partial charge in [0.25, 0.3) is 0 Å². The van der Waals surface area contributed by atoms with Crippen molar-refractivity contribution in [2.75, 3.05) is 11.9 Å². The van der Waals surface area contributed by atoms with Crippen LogP contribution in [-0.2, 0) is 11.2 Å². The van der Waals surface area contributed by atoms with E-state index < -0.39 is 0 Å². The van der Waals surface area contributed by atoms with E-state index in [0.717, 1.165) is 42.3 Å². The number of fused-ring (bicyclic) bond motifs is 1. The van der Waals surface area contributed by atoms with Gasteiger partial charge >= 0.3 is 0 Å². The molecule has 1 saturated heterocycles. The van der Waals surface area contributed by atoms with E-state index in [1.165, 1.54) is 10.9 Å². The van der Waals surface area contributed by atoms with Crippen molar-refractivity contribution >= 4 is 27.4 Å². The Morgan fingerprint density at radius 3 is 2.86 bits per heavy atom. The average molecular weight is 319 g/mol. The lowest BCUT2D eigenvalue weighted by molar-refractivity contribution is 0.0996. The topological polar surface area (TPSA) is 47.0 Å². The van der Waals surface area contributed by atoms with Crippen molar-refractivity contribution in [3.05, 3.63) is 16.8 Å². The van der Waals surface area contributed by atoms with Crippen molar-refractivity contribution in [2.45, 2.75) is 59.1 Å². The Morgan fingerprint density at radius 2 is 2.18 bits per heavy atom. The highest BCUT2D eigenvalue weighted by atomic mass is 32.1. The van der Waals surface area contributed by atoms with Gasteiger partial charge in [-0.05, 0) is 50.0 Å². The number of hydrogen-bond donors (Lipinski definition) is 1. The number of ether oxygens (including phenoxy) is 1. The van der Waals surface area contributed by atoms with Crippen molar-refractivity contribution in [1.82, 2.24) is 9.97 Å². The number of thiophene rings is 1. The zero-order valence-electron chi connectivity index (χ0n) is 13.8. The third-order valence-electron chi connectivity index (χ3n) is 4.14. The lowest BCUT2D eigenvalue weighted by Crippen LogP contribution is -2.30. The van der Waals surface area contributed by atoms with Gasteiger partial charge in [-0.1, -0.05) is 13.8 Å². The molecule has 0 aromatic carbocycles. The first-order valence-corrected chi connectivity index (χ1v) is 9.05. The van der Waals surface area contributed by atoms with Crippen molar-refractivity contribution in [2.24, 2.45) is 5.92 Å². The Balaban J connectivity index is 1.93. The molecule has 0 spiro atoms. The molecule has 3 heterocycles. The Morgan fingerprint density at radius 1 is 1.36 bits per heavy atom. The predicted octanol–water partition coefficient (Wildman–Crippen LogP) is 4.18.